The summed E-state index contributed by atoms with van der Waals surface area (Å²) in [4.78, 5) is 36.6. The minimum absolute atomic E-state index is 0.000506. The summed E-state index contributed by atoms with van der Waals surface area (Å²) in [5.41, 5.74) is 1.21. The fourth-order valence-electron chi connectivity index (χ4n) is 2.92. The van der Waals surface area contributed by atoms with Crippen molar-refractivity contribution in [1.82, 2.24) is 0 Å². The minimum atomic E-state index is -1.25. The van der Waals surface area contributed by atoms with Crippen LogP contribution in [0.25, 0.3) is 0 Å². The number of amides is 2. The largest absolute Gasteiger partial charge is 0.480 e. The van der Waals surface area contributed by atoms with Gasteiger partial charge >= 0.3 is 5.97 Å². The number of nitrogens with one attached hydrogen (secondary N) is 1. The van der Waals surface area contributed by atoms with E-state index in [-0.39, 0.29) is 5.91 Å². The lowest BCUT2D eigenvalue weighted by Gasteiger charge is -2.29. The average molecular weight is 302 g/mol. The van der Waals surface area contributed by atoms with Gasteiger partial charge in [0.05, 0.1) is 0 Å². The quantitative estimate of drug-likeness (QED) is 0.833. The molecule has 1 aromatic rings. The van der Waals surface area contributed by atoms with E-state index in [1.54, 1.807) is 11.0 Å². The molecule has 1 heterocycles. The van der Waals surface area contributed by atoms with Gasteiger partial charge in [0.2, 0.25) is 11.8 Å². The topological polar surface area (TPSA) is 86.7 Å². The first-order chi connectivity index (χ1) is 10.4. The number of anilines is 2. The SMILES string of the molecule is CC(=O)N1CCCc2cc(NC(=O)C3(C(=O)O)CC3)ccc21. The first-order valence-electron chi connectivity index (χ1n) is 7.40. The van der Waals surface area contributed by atoms with Crippen molar-refractivity contribution >= 4 is 29.2 Å². The number of carboxylic acids is 1. The van der Waals surface area contributed by atoms with Crippen molar-refractivity contribution in [3.8, 4) is 0 Å². The van der Waals surface area contributed by atoms with Gasteiger partial charge in [0.25, 0.3) is 0 Å². The molecule has 0 atom stereocenters. The highest BCUT2D eigenvalue weighted by Gasteiger charge is 2.57. The van der Waals surface area contributed by atoms with Crippen molar-refractivity contribution in [2.75, 3.05) is 16.8 Å². The molecule has 22 heavy (non-hydrogen) atoms. The number of fused-ring (bicyclic) bond motifs is 1. The Labute approximate surface area is 128 Å². The van der Waals surface area contributed by atoms with Crippen LogP contribution in [-0.4, -0.2) is 29.4 Å². The Kier molecular flexibility index (Phi) is 3.39. The fourth-order valence-corrected chi connectivity index (χ4v) is 2.92. The molecule has 0 spiro atoms. The number of benzene rings is 1. The van der Waals surface area contributed by atoms with Crippen molar-refractivity contribution in [3.05, 3.63) is 23.8 Å². The number of rotatable bonds is 3. The highest BCUT2D eigenvalue weighted by atomic mass is 16.4. The van der Waals surface area contributed by atoms with Crippen LogP contribution in [0.2, 0.25) is 0 Å². The zero-order valence-electron chi connectivity index (χ0n) is 12.4. The molecule has 1 aliphatic carbocycles. The molecule has 1 saturated carbocycles. The molecule has 0 aromatic heterocycles. The Bertz CT molecular complexity index is 664. The van der Waals surface area contributed by atoms with Gasteiger partial charge in [0, 0.05) is 24.8 Å². The number of nitrogens with zero attached hydrogens (tertiary/aromatic N) is 1. The van der Waals surface area contributed by atoms with Gasteiger partial charge in [-0.3, -0.25) is 14.4 Å². The van der Waals surface area contributed by atoms with Crippen molar-refractivity contribution < 1.29 is 19.5 Å². The third-order valence-electron chi connectivity index (χ3n) is 4.43. The van der Waals surface area contributed by atoms with Gasteiger partial charge in [-0.25, -0.2) is 0 Å². The van der Waals surface area contributed by atoms with Crippen molar-refractivity contribution in [3.63, 3.8) is 0 Å². The molecule has 0 bridgehead atoms. The zero-order chi connectivity index (χ0) is 15.9. The zero-order valence-corrected chi connectivity index (χ0v) is 12.4. The number of carbonyl (C=O) groups is 3. The molecular weight excluding hydrogens is 284 g/mol. The van der Waals surface area contributed by atoms with Crippen molar-refractivity contribution in [2.24, 2.45) is 5.41 Å². The van der Waals surface area contributed by atoms with E-state index >= 15 is 0 Å². The number of hydrogen-bond acceptors (Lipinski definition) is 3. The van der Waals surface area contributed by atoms with Gasteiger partial charge in [-0.2, -0.15) is 0 Å². The molecule has 3 rings (SSSR count). The molecule has 0 unspecified atom stereocenters. The molecule has 2 amide bonds. The second kappa shape index (κ2) is 5.12. The maximum absolute atomic E-state index is 12.1. The van der Waals surface area contributed by atoms with E-state index in [4.69, 9.17) is 5.11 Å². The first-order valence-corrected chi connectivity index (χ1v) is 7.40. The molecule has 0 saturated heterocycles. The summed E-state index contributed by atoms with van der Waals surface area (Å²) in [6, 6.07) is 5.36. The molecule has 0 radical (unpaired) electrons. The van der Waals surface area contributed by atoms with Gasteiger partial charge in [-0.1, -0.05) is 0 Å². The molecule has 6 nitrogen and oxygen atoms in total. The molecule has 6 heteroatoms. The monoisotopic (exact) mass is 302 g/mol. The molecule has 2 aliphatic rings. The Morgan fingerprint density at radius 3 is 2.59 bits per heavy atom. The van der Waals surface area contributed by atoms with Gasteiger partial charge in [-0.15, -0.1) is 0 Å². The Morgan fingerprint density at radius 2 is 2.00 bits per heavy atom. The van der Waals surface area contributed by atoms with Crippen LogP contribution in [-0.2, 0) is 20.8 Å². The summed E-state index contributed by atoms with van der Waals surface area (Å²) in [5, 5.41) is 11.8. The van der Waals surface area contributed by atoms with Crippen molar-refractivity contribution in [2.45, 2.75) is 32.6 Å². The number of aryl methyl sites for hydroxylation is 1. The summed E-state index contributed by atoms with van der Waals surface area (Å²) < 4.78 is 0. The summed E-state index contributed by atoms with van der Waals surface area (Å²) in [6.45, 7) is 2.24. The number of carboxylic acid groups (broad SMARTS) is 1. The predicted octanol–water partition coefficient (Wildman–Crippen LogP) is 1.79. The van der Waals surface area contributed by atoms with E-state index in [0.29, 0.717) is 25.1 Å². The molecule has 1 aliphatic heterocycles. The maximum Gasteiger partial charge on any atom is 0.319 e. The van der Waals surface area contributed by atoms with Crippen LogP contribution in [0.4, 0.5) is 11.4 Å². The predicted molar refractivity (Wildman–Crippen MR) is 80.7 cm³/mol. The van der Waals surface area contributed by atoms with Gasteiger partial charge in [0.1, 0.15) is 5.41 Å². The molecule has 1 fully saturated rings. The molecule has 116 valence electrons. The first kappa shape index (κ1) is 14.6. The van der Waals surface area contributed by atoms with E-state index in [9.17, 15) is 14.4 Å². The van der Waals surface area contributed by atoms with E-state index < -0.39 is 17.3 Å². The van der Waals surface area contributed by atoms with E-state index in [1.165, 1.54) is 6.92 Å². The van der Waals surface area contributed by atoms with Gasteiger partial charge in [0.15, 0.2) is 0 Å². The normalized spacial score (nSPS) is 18.3. The van der Waals surface area contributed by atoms with Crippen LogP contribution in [0.3, 0.4) is 0 Å². The number of aliphatic carboxylic acids is 1. The van der Waals surface area contributed by atoms with Gasteiger partial charge in [-0.05, 0) is 49.4 Å². The Morgan fingerprint density at radius 1 is 1.27 bits per heavy atom. The Balaban J connectivity index is 1.81. The standard InChI is InChI=1S/C16H18N2O4/c1-10(19)18-8-2-3-11-9-12(4-5-13(11)18)17-14(20)16(6-7-16)15(21)22/h4-5,9H,2-3,6-8H2,1H3,(H,17,20)(H,21,22). The molecular formula is C16H18N2O4. The highest BCUT2D eigenvalue weighted by Crippen LogP contribution is 2.46. The summed E-state index contributed by atoms with van der Waals surface area (Å²) in [5.74, 6) is -1.52. The van der Waals surface area contributed by atoms with Crippen LogP contribution < -0.4 is 10.2 Å². The minimum Gasteiger partial charge on any atom is -0.480 e. The van der Waals surface area contributed by atoms with Crippen LogP contribution in [0.15, 0.2) is 18.2 Å². The lowest BCUT2D eigenvalue weighted by Crippen LogP contribution is -2.34. The summed E-state index contributed by atoms with van der Waals surface area (Å²) in [7, 11) is 0. The summed E-state index contributed by atoms with van der Waals surface area (Å²) >= 11 is 0. The van der Waals surface area contributed by atoms with Crippen molar-refractivity contribution in [1.29, 1.82) is 0 Å². The average Bonchev–Trinajstić information content (AvgIpc) is 3.28. The number of carbonyl (C=O) groups excluding carboxylic acids is 2. The Hall–Kier alpha value is -2.37. The van der Waals surface area contributed by atoms with E-state index in [0.717, 1.165) is 24.1 Å². The smallest absolute Gasteiger partial charge is 0.319 e. The lowest BCUT2D eigenvalue weighted by atomic mass is 10.0. The molecule has 1 aromatic carbocycles. The van der Waals surface area contributed by atoms with Crippen LogP contribution in [0.1, 0.15) is 31.7 Å². The lowest BCUT2D eigenvalue weighted by molar-refractivity contribution is -0.147. The van der Waals surface area contributed by atoms with Crippen LogP contribution in [0, 0.1) is 5.41 Å². The summed E-state index contributed by atoms with van der Waals surface area (Å²) in [6.07, 6.45) is 2.49. The van der Waals surface area contributed by atoms with Crippen LogP contribution in [0.5, 0.6) is 0 Å². The third-order valence-corrected chi connectivity index (χ3v) is 4.43. The van der Waals surface area contributed by atoms with E-state index in [1.807, 2.05) is 12.1 Å². The number of hydrogen-bond donors (Lipinski definition) is 2. The van der Waals surface area contributed by atoms with Gasteiger partial charge < -0.3 is 15.3 Å². The van der Waals surface area contributed by atoms with E-state index in [2.05, 4.69) is 5.32 Å². The fraction of sp³-hybridized carbons (Fsp3) is 0.438. The second-order valence-corrected chi connectivity index (χ2v) is 5.96. The molecule has 2 N–H and O–H groups in total. The van der Waals surface area contributed by atoms with Crippen LogP contribution >= 0.6 is 0 Å². The second-order valence-electron chi connectivity index (χ2n) is 5.96. The third kappa shape index (κ3) is 2.34. The maximum atomic E-state index is 12.1. The highest BCUT2D eigenvalue weighted by molar-refractivity contribution is 6.10.